The fourth-order valence-electron chi connectivity index (χ4n) is 2.59. The zero-order valence-electron chi connectivity index (χ0n) is 13.6. The second-order valence-corrected chi connectivity index (χ2v) is 5.65. The lowest BCUT2D eigenvalue weighted by atomic mass is 10.2. The average molecular weight is 282 g/mol. The molecule has 0 bridgehead atoms. The van der Waals surface area contributed by atoms with E-state index in [1.54, 1.807) is 0 Å². The molecule has 0 aromatic carbocycles. The van der Waals surface area contributed by atoms with Gasteiger partial charge in [-0.15, -0.1) is 0 Å². The minimum absolute atomic E-state index is 0.931. The maximum atomic E-state index is 4.66. The standard InChI is InChI=1S/C16H34N4/c1-3-5-6-7-11-18-16(17-4-2)19-12-10-15-20-13-8-9-14-20/h3-15H2,1-2H3,(H2,17,18,19). The highest BCUT2D eigenvalue weighted by Gasteiger charge is 2.09. The van der Waals surface area contributed by atoms with Crippen LogP contribution in [0.1, 0.15) is 58.8 Å². The van der Waals surface area contributed by atoms with E-state index in [1.165, 1.54) is 64.6 Å². The molecule has 1 rings (SSSR count). The molecule has 1 saturated heterocycles. The molecule has 0 aliphatic carbocycles. The van der Waals surface area contributed by atoms with Gasteiger partial charge in [0.1, 0.15) is 0 Å². The third-order valence-corrected chi connectivity index (χ3v) is 3.77. The molecule has 0 amide bonds. The fourth-order valence-corrected chi connectivity index (χ4v) is 2.59. The number of hydrogen-bond donors (Lipinski definition) is 2. The SMILES string of the molecule is CCCCCCNC(=NCCCN1CCCC1)NCC. The van der Waals surface area contributed by atoms with Gasteiger partial charge in [-0.2, -0.15) is 0 Å². The molecule has 20 heavy (non-hydrogen) atoms. The number of likely N-dealkylation sites (tertiary alicyclic amines) is 1. The Labute approximate surface area is 125 Å². The van der Waals surface area contributed by atoms with Crippen molar-refractivity contribution in [1.29, 1.82) is 0 Å². The van der Waals surface area contributed by atoms with Gasteiger partial charge < -0.3 is 15.5 Å². The first kappa shape index (κ1) is 17.3. The Kier molecular flexibility index (Phi) is 10.4. The first-order valence-corrected chi connectivity index (χ1v) is 8.61. The summed E-state index contributed by atoms with van der Waals surface area (Å²) >= 11 is 0. The quantitative estimate of drug-likeness (QED) is 0.367. The molecule has 0 atom stereocenters. The zero-order valence-corrected chi connectivity index (χ0v) is 13.6. The lowest BCUT2D eigenvalue weighted by molar-refractivity contribution is 0.336. The van der Waals surface area contributed by atoms with Crippen LogP contribution in [0, 0.1) is 0 Å². The van der Waals surface area contributed by atoms with Gasteiger partial charge in [0.2, 0.25) is 0 Å². The second-order valence-electron chi connectivity index (χ2n) is 5.65. The number of hydrogen-bond acceptors (Lipinski definition) is 2. The van der Waals surface area contributed by atoms with Crippen LogP contribution < -0.4 is 10.6 Å². The molecular formula is C16H34N4. The summed E-state index contributed by atoms with van der Waals surface area (Å²) < 4.78 is 0. The summed E-state index contributed by atoms with van der Waals surface area (Å²) in [7, 11) is 0. The Morgan fingerprint density at radius 1 is 1.00 bits per heavy atom. The number of unbranched alkanes of at least 4 members (excludes halogenated alkanes) is 3. The van der Waals surface area contributed by atoms with E-state index in [0.717, 1.165) is 25.6 Å². The Bertz CT molecular complexity index is 247. The van der Waals surface area contributed by atoms with Crippen molar-refractivity contribution in [2.75, 3.05) is 39.3 Å². The monoisotopic (exact) mass is 282 g/mol. The summed E-state index contributed by atoms with van der Waals surface area (Å²) in [5.41, 5.74) is 0. The highest BCUT2D eigenvalue weighted by atomic mass is 15.2. The van der Waals surface area contributed by atoms with Crippen molar-refractivity contribution < 1.29 is 0 Å². The molecule has 0 spiro atoms. The van der Waals surface area contributed by atoms with E-state index in [-0.39, 0.29) is 0 Å². The number of guanidine groups is 1. The van der Waals surface area contributed by atoms with Crippen LogP contribution in [0.2, 0.25) is 0 Å². The maximum Gasteiger partial charge on any atom is 0.191 e. The zero-order chi connectivity index (χ0) is 14.5. The summed E-state index contributed by atoms with van der Waals surface area (Å²) in [6, 6.07) is 0. The maximum absolute atomic E-state index is 4.66. The minimum atomic E-state index is 0.931. The molecule has 4 heteroatoms. The van der Waals surface area contributed by atoms with Crippen LogP contribution in [0.5, 0.6) is 0 Å². The van der Waals surface area contributed by atoms with Crippen LogP contribution in [0.15, 0.2) is 4.99 Å². The molecule has 1 fully saturated rings. The molecule has 0 radical (unpaired) electrons. The van der Waals surface area contributed by atoms with Crippen molar-refractivity contribution in [3.05, 3.63) is 0 Å². The first-order valence-electron chi connectivity index (χ1n) is 8.61. The molecule has 0 aromatic heterocycles. The van der Waals surface area contributed by atoms with Gasteiger partial charge in [-0.05, 0) is 52.2 Å². The molecule has 1 heterocycles. The predicted molar refractivity (Wildman–Crippen MR) is 88.4 cm³/mol. The molecule has 0 unspecified atom stereocenters. The van der Waals surface area contributed by atoms with E-state index in [4.69, 9.17) is 0 Å². The van der Waals surface area contributed by atoms with Gasteiger partial charge in [0.15, 0.2) is 5.96 Å². The first-order chi connectivity index (χ1) is 9.86. The van der Waals surface area contributed by atoms with Crippen molar-refractivity contribution in [2.24, 2.45) is 4.99 Å². The molecule has 0 saturated carbocycles. The van der Waals surface area contributed by atoms with E-state index >= 15 is 0 Å². The molecule has 1 aliphatic heterocycles. The van der Waals surface area contributed by atoms with Crippen molar-refractivity contribution in [1.82, 2.24) is 15.5 Å². The van der Waals surface area contributed by atoms with Gasteiger partial charge in [-0.3, -0.25) is 4.99 Å². The number of nitrogens with zero attached hydrogens (tertiary/aromatic N) is 2. The number of rotatable bonds is 10. The third kappa shape index (κ3) is 8.41. The van der Waals surface area contributed by atoms with E-state index in [1.807, 2.05) is 0 Å². The lowest BCUT2D eigenvalue weighted by Crippen LogP contribution is -2.38. The molecule has 0 aromatic rings. The van der Waals surface area contributed by atoms with Crippen molar-refractivity contribution in [3.8, 4) is 0 Å². The fraction of sp³-hybridized carbons (Fsp3) is 0.938. The Morgan fingerprint density at radius 3 is 2.50 bits per heavy atom. The van der Waals surface area contributed by atoms with Crippen LogP contribution in [-0.2, 0) is 0 Å². The van der Waals surface area contributed by atoms with Crippen LogP contribution in [-0.4, -0.2) is 50.1 Å². The van der Waals surface area contributed by atoms with E-state index < -0.39 is 0 Å². The van der Waals surface area contributed by atoms with Gasteiger partial charge in [0.05, 0.1) is 0 Å². The summed E-state index contributed by atoms with van der Waals surface area (Å²) in [6.45, 7) is 11.1. The van der Waals surface area contributed by atoms with Crippen molar-refractivity contribution in [2.45, 2.75) is 58.8 Å². The Morgan fingerprint density at radius 2 is 1.80 bits per heavy atom. The highest BCUT2D eigenvalue weighted by Crippen LogP contribution is 2.07. The predicted octanol–water partition coefficient (Wildman–Crippen LogP) is 2.61. The summed E-state index contributed by atoms with van der Waals surface area (Å²) in [5, 5.41) is 6.76. The molecule has 1 aliphatic rings. The van der Waals surface area contributed by atoms with E-state index in [0.29, 0.717) is 0 Å². The number of aliphatic imine (C=N–C) groups is 1. The number of nitrogens with one attached hydrogen (secondary N) is 2. The average Bonchev–Trinajstić information content (AvgIpc) is 2.96. The smallest absolute Gasteiger partial charge is 0.191 e. The normalized spacial score (nSPS) is 16.6. The third-order valence-electron chi connectivity index (χ3n) is 3.77. The second kappa shape index (κ2) is 12.0. The van der Waals surface area contributed by atoms with Crippen molar-refractivity contribution >= 4 is 5.96 Å². The molecular weight excluding hydrogens is 248 g/mol. The summed E-state index contributed by atoms with van der Waals surface area (Å²) in [5.74, 6) is 0.991. The lowest BCUT2D eigenvalue weighted by Gasteiger charge is -2.14. The summed E-state index contributed by atoms with van der Waals surface area (Å²) in [4.78, 5) is 7.22. The topological polar surface area (TPSA) is 39.7 Å². The van der Waals surface area contributed by atoms with Gasteiger partial charge in [0, 0.05) is 19.6 Å². The van der Waals surface area contributed by atoms with E-state index in [9.17, 15) is 0 Å². The molecule has 4 nitrogen and oxygen atoms in total. The van der Waals surface area contributed by atoms with Crippen molar-refractivity contribution in [3.63, 3.8) is 0 Å². The van der Waals surface area contributed by atoms with Crippen LogP contribution in [0.3, 0.4) is 0 Å². The minimum Gasteiger partial charge on any atom is -0.357 e. The Hall–Kier alpha value is -0.770. The van der Waals surface area contributed by atoms with E-state index in [2.05, 4.69) is 34.4 Å². The molecule has 118 valence electrons. The van der Waals surface area contributed by atoms with Gasteiger partial charge in [-0.25, -0.2) is 0 Å². The van der Waals surface area contributed by atoms with Crippen LogP contribution in [0.4, 0.5) is 0 Å². The largest absolute Gasteiger partial charge is 0.357 e. The summed E-state index contributed by atoms with van der Waals surface area (Å²) in [6.07, 6.45) is 9.13. The molecule has 2 N–H and O–H groups in total. The highest BCUT2D eigenvalue weighted by molar-refractivity contribution is 5.79. The van der Waals surface area contributed by atoms with Crippen LogP contribution in [0.25, 0.3) is 0 Å². The van der Waals surface area contributed by atoms with Gasteiger partial charge >= 0.3 is 0 Å². The van der Waals surface area contributed by atoms with Gasteiger partial charge in [0.25, 0.3) is 0 Å². The van der Waals surface area contributed by atoms with Crippen LogP contribution >= 0.6 is 0 Å². The van der Waals surface area contributed by atoms with Gasteiger partial charge in [-0.1, -0.05) is 26.2 Å². The Balaban J connectivity index is 2.09.